The maximum Gasteiger partial charge on any atom is 0.124 e. The van der Waals surface area contributed by atoms with Crippen molar-refractivity contribution in [2.24, 2.45) is 0 Å². The van der Waals surface area contributed by atoms with E-state index in [1.165, 1.54) is 5.56 Å². The predicted octanol–water partition coefficient (Wildman–Crippen LogP) is 2.77. The topological polar surface area (TPSA) is 30.5 Å². The summed E-state index contributed by atoms with van der Waals surface area (Å²) in [6.07, 6.45) is 1.03. The summed E-state index contributed by atoms with van der Waals surface area (Å²) in [4.78, 5) is 0. The van der Waals surface area contributed by atoms with Gasteiger partial charge in [-0.1, -0.05) is 18.2 Å². The summed E-state index contributed by atoms with van der Waals surface area (Å²) in [5.74, 6) is 0.974. The quantitative estimate of drug-likeness (QED) is 0.705. The minimum absolute atomic E-state index is 0.301. The minimum atomic E-state index is 0.301. The van der Waals surface area contributed by atoms with Crippen molar-refractivity contribution in [3.63, 3.8) is 0 Å². The zero-order valence-electron chi connectivity index (χ0n) is 11.0. The summed E-state index contributed by atoms with van der Waals surface area (Å²) in [7, 11) is 1.73. The Balaban J connectivity index is 2.52. The normalized spacial score (nSPS) is 12.4. The lowest BCUT2D eigenvalue weighted by Crippen LogP contribution is -2.21. The maximum absolute atomic E-state index is 5.62. The SMILES string of the molecule is CCOc1ccccc1C(C)NCCCOC. The van der Waals surface area contributed by atoms with Crippen molar-refractivity contribution < 1.29 is 9.47 Å². The van der Waals surface area contributed by atoms with Crippen molar-refractivity contribution in [3.8, 4) is 5.75 Å². The molecule has 0 saturated heterocycles. The summed E-state index contributed by atoms with van der Waals surface area (Å²) < 4.78 is 10.6. The van der Waals surface area contributed by atoms with E-state index in [1.807, 2.05) is 25.1 Å². The van der Waals surface area contributed by atoms with E-state index >= 15 is 0 Å². The standard InChI is InChI=1S/C14H23NO2/c1-4-17-14-9-6-5-8-13(14)12(2)15-10-7-11-16-3/h5-6,8-9,12,15H,4,7,10-11H2,1-3H3. The molecule has 0 saturated carbocycles. The van der Waals surface area contributed by atoms with Crippen molar-refractivity contribution in [1.82, 2.24) is 5.32 Å². The molecule has 0 amide bonds. The van der Waals surface area contributed by atoms with E-state index in [2.05, 4.69) is 18.3 Å². The van der Waals surface area contributed by atoms with Gasteiger partial charge >= 0.3 is 0 Å². The smallest absolute Gasteiger partial charge is 0.124 e. The Bertz CT molecular complexity index is 315. The average Bonchev–Trinajstić information content (AvgIpc) is 2.35. The van der Waals surface area contributed by atoms with Crippen molar-refractivity contribution in [2.45, 2.75) is 26.3 Å². The molecule has 0 spiro atoms. The van der Waals surface area contributed by atoms with Crippen molar-refractivity contribution >= 4 is 0 Å². The third-order valence-corrected chi connectivity index (χ3v) is 2.66. The van der Waals surface area contributed by atoms with Gasteiger partial charge in [-0.05, 0) is 32.9 Å². The van der Waals surface area contributed by atoms with Crippen LogP contribution in [0.4, 0.5) is 0 Å². The second-order valence-electron chi connectivity index (χ2n) is 3.99. The van der Waals surface area contributed by atoms with Crippen molar-refractivity contribution in [3.05, 3.63) is 29.8 Å². The number of rotatable bonds is 8. The molecule has 1 atom stereocenters. The molecule has 3 heteroatoms. The second kappa shape index (κ2) is 8.09. The lowest BCUT2D eigenvalue weighted by molar-refractivity contribution is 0.193. The summed E-state index contributed by atoms with van der Waals surface area (Å²) in [5, 5.41) is 3.47. The molecule has 0 aliphatic heterocycles. The third-order valence-electron chi connectivity index (χ3n) is 2.66. The first-order valence-corrected chi connectivity index (χ1v) is 6.23. The summed E-state index contributed by atoms with van der Waals surface area (Å²) in [6, 6.07) is 8.48. The van der Waals surface area contributed by atoms with Gasteiger partial charge in [0, 0.05) is 25.3 Å². The molecular weight excluding hydrogens is 214 g/mol. The molecule has 1 N–H and O–H groups in total. The van der Waals surface area contributed by atoms with Gasteiger partial charge in [0.1, 0.15) is 5.75 Å². The van der Waals surface area contributed by atoms with Gasteiger partial charge in [0.25, 0.3) is 0 Å². The van der Waals surface area contributed by atoms with E-state index in [4.69, 9.17) is 9.47 Å². The van der Waals surface area contributed by atoms with Gasteiger partial charge in [-0.3, -0.25) is 0 Å². The van der Waals surface area contributed by atoms with Gasteiger partial charge in [0.05, 0.1) is 6.61 Å². The van der Waals surface area contributed by atoms with Gasteiger partial charge in [0.2, 0.25) is 0 Å². The number of para-hydroxylation sites is 1. The number of nitrogens with one attached hydrogen (secondary N) is 1. The van der Waals surface area contributed by atoms with Gasteiger partial charge in [0.15, 0.2) is 0 Å². The second-order valence-corrected chi connectivity index (χ2v) is 3.99. The highest BCUT2D eigenvalue weighted by molar-refractivity contribution is 5.35. The molecule has 1 aromatic carbocycles. The molecule has 1 unspecified atom stereocenters. The average molecular weight is 237 g/mol. The molecule has 0 aliphatic carbocycles. The van der Waals surface area contributed by atoms with Gasteiger partial charge in [-0.2, -0.15) is 0 Å². The Morgan fingerprint density at radius 3 is 2.76 bits per heavy atom. The Morgan fingerprint density at radius 1 is 1.29 bits per heavy atom. The van der Waals surface area contributed by atoms with E-state index in [0.29, 0.717) is 12.6 Å². The fraction of sp³-hybridized carbons (Fsp3) is 0.571. The maximum atomic E-state index is 5.62. The summed E-state index contributed by atoms with van der Waals surface area (Å²) in [6.45, 7) is 6.62. The van der Waals surface area contributed by atoms with Gasteiger partial charge in [-0.15, -0.1) is 0 Å². The summed E-state index contributed by atoms with van der Waals surface area (Å²) in [5.41, 5.74) is 1.21. The van der Waals surface area contributed by atoms with Crippen LogP contribution in [-0.4, -0.2) is 26.9 Å². The first-order valence-electron chi connectivity index (χ1n) is 6.23. The zero-order valence-corrected chi connectivity index (χ0v) is 11.0. The Kier molecular flexibility index (Phi) is 6.67. The number of ether oxygens (including phenoxy) is 2. The lowest BCUT2D eigenvalue weighted by Gasteiger charge is -2.17. The number of benzene rings is 1. The minimum Gasteiger partial charge on any atom is -0.494 e. The van der Waals surface area contributed by atoms with E-state index in [-0.39, 0.29) is 0 Å². The first-order chi connectivity index (χ1) is 8.29. The zero-order chi connectivity index (χ0) is 12.5. The molecule has 1 aromatic rings. The van der Waals surface area contributed by atoms with E-state index in [0.717, 1.165) is 25.3 Å². The highest BCUT2D eigenvalue weighted by Gasteiger charge is 2.09. The molecule has 17 heavy (non-hydrogen) atoms. The van der Waals surface area contributed by atoms with Crippen LogP contribution in [0.2, 0.25) is 0 Å². The summed E-state index contributed by atoms with van der Waals surface area (Å²) >= 11 is 0. The highest BCUT2D eigenvalue weighted by Crippen LogP contribution is 2.24. The molecule has 0 fully saturated rings. The Hall–Kier alpha value is -1.06. The van der Waals surface area contributed by atoms with E-state index in [1.54, 1.807) is 7.11 Å². The van der Waals surface area contributed by atoms with Crippen molar-refractivity contribution in [2.75, 3.05) is 26.9 Å². The fourth-order valence-electron chi connectivity index (χ4n) is 1.77. The fourth-order valence-corrected chi connectivity index (χ4v) is 1.77. The van der Waals surface area contributed by atoms with Crippen LogP contribution in [0.25, 0.3) is 0 Å². The molecule has 0 bridgehead atoms. The molecular formula is C14H23NO2. The van der Waals surface area contributed by atoms with Crippen LogP contribution in [0.15, 0.2) is 24.3 Å². The van der Waals surface area contributed by atoms with Crippen LogP contribution in [0.1, 0.15) is 31.9 Å². The lowest BCUT2D eigenvalue weighted by atomic mass is 10.1. The van der Waals surface area contributed by atoms with Crippen LogP contribution >= 0.6 is 0 Å². The third kappa shape index (κ3) is 4.75. The molecule has 0 aliphatic rings. The number of hydrogen-bond acceptors (Lipinski definition) is 3. The van der Waals surface area contributed by atoms with Crippen LogP contribution in [0, 0.1) is 0 Å². The number of methoxy groups -OCH3 is 1. The first kappa shape index (κ1) is 14.0. The van der Waals surface area contributed by atoms with Crippen molar-refractivity contribution in [1.29, 1.82) is 0 Å². The Morgan fingerprint density at radius 2 is 2.06 bits per heavy atom. The van der Waals surface area contributed by atoms with Gasteiger partial charge < -0.3 is 14.8 Å². The molecule has 1 rings (SSSR count). The predicted molar refractivity (Wildman–Crippen MR) is 70.5 cm³/mol. The molecule has 96 valence electrons. The van der Waals surface area contributed by atoms with Gasteiger partial charge in [-0.25, -0.2) is 0 Å². The van der Waals surface area contributed by atoms with E-state index < -0.39 is 0 Å². The highest BCUT2D eigenvalue weighted by atomic mass is 16.5. The molecule has 0 aromatic heterocycles. The monoisotopic (exact) mass is 237 g/mol. The molecule has 0 radical (unpaired) electrons. The molecule has 3 nitrogen and oxygen atoms in total. The Labute approximate surface area is 104 Å². The number of hydrogen-bond donors (Lipinski definition) is 1. The molecule has 0 heterocycles. The largest absolute Gasteiger partial charge is 0.494 e. The van der Waals surface area contributed by atoms with Crippen LogP contribution in [0.3, 0.4) is 0 Å². The van der Waals surface area contributed by atoms with Crippen LogP contribution in [0.5, 0.6) is 5.75 Å². The van der Waals surface area contributed by atoms with Crippen LogP contribution < -0.4 is 10.1 Å². The van der Waals surface area contributed by atoms with Crippen LogP contribution in [-0.2, 0) is 4.74 Å². The van der Waals surface area contributed by atoms with E-state index in [9.17, 15) is 0 Å².